The van der Waals surface area contributed by atoms with E-state index in [0.29, 0.717) is 5.56 Å². The SMILES string of the molecule is C#COOc1ncc(-c2ccc(C(O)C#C)cc2)cn1. The molecule has 0 amide bonds. The van der Waals surface area contributed by atoms with Crippen LogP contribution in [0.1, 0.15) is 11.7 Å². The van der Waals surface area contributed by atoms with Gasteiger partial charge in [0.2, 0.25) is 0 Å². The fourth-order valence-corrected chi connectivity index (χ4v) is 1.52. The van der Waals surface area contributed by atoms with Crippen LogP contribution in [0.2, 0.25) is 0 Å². The molecule has 5 nitrogen and oxygen atoms in total. The summed E-state index contributed by atoms with van der Waals surface area (Å²) >= 11 is 0. The van der Waals surface area contributed by atoms with E-state index in [-0.39, 0.29) is 6.01 Å². The first-order valence-corrected chi connectivity index (χ1v) is 5.60. The summed E-state index contributed by atoms with van der Waals surface area (Å²) in [5.74, 6) is 2.25. The van der Waals surface area contributed by atoms with Gasteiger partial charge in [-0.1, -0.05) is 36.6 Å². The van der Waals surface area contributed by atoms with Crippen molar-refractivity contribution in [1.29, 1.82) is 0 Å². The summed E-state index contributed by atoms with van der Waals surface area (Å²) in [6, 6.07) is 7.13. The first-order valence-electron chi connectivity index (χ1n) is 5.60. The summed E-state index contributed by atoms with van der Waals surface area (Å²) in [6.45, 7) is 0. The zero-order valence-corrected chi connectivity index (χ0v) is 10.4. The Labute approximate surface area is 116 Å². The van der Waals surface area contributed by atoms with E-state index in [4.69, 9.17) is 12.8 Å². The van der Waals surface area contributed by atoms with Crippen LogP contribution in [0.15, 0.2) is 36.7 Å². The van der Waals surface area contributed by atoms with Crippen LogP contribution in [0, 0.1) is 24.9 Å². The van der Waals surface area contributed by atoms with Crippen molar-refractivity contribution in [1.82, 2.24) is 9.97 Å². The van der Waals surface area contributed by atoms with E-state index < -0.39 is 6.10 Å². The van der Waals surface area contributed by atoms with Gasteiger partial charge in [0.25, 0.3) is 0 Å². The topological polar surface area (TPSA) is 64.5 Å². The molecule has 0 radical (unpaired) electrons. The molecule has 0 aliphatic carbocycles. The molecule has 5 heteroatoms. The smallest absolute Gasteiger partial charge is 0.367 e. The van der Waals surface area contributed by atoms with Crippen LogP contribution in [0.5, 0.6) is 6.01 Å². The van der Waals surface area contributed by atoms with Gasteiger partial charge in [-0.2, -0.15) is 9.97 Å². The minimum atomic E-state index is -0.906. The van der Waals surface area contributed by atoms with Crippen LogP contribution in [0.25, 0.3) is 11.1 Å². The molecule has 0 spiro atoms. The molecule has 2 aromatic rings. The zero-order valence-electron chi connectivity index (χ0n) is 10.4. The predicted octanol–water partition coefficient (Wildman–Crippen LogP) is 1.71. The maximum atomic E-state index is 9.50. The first kappa shape index (κ1) is 13.4. The molecule has 1 aromatic heterocycles. The highest BCUT2D eigenvalue weighted by Crippen LogP contribution is 2.21. The molecule has 20 heavy (non-hydrogen) atoms. The third-order valence-corrected chi connectivity index (χ3v) is 2.51. The van der Waals surface area contributed by atoms with E-state index in [0.717, 1.165) is 11.1 Å². The van der Waals surface area contributed by atoms with Crippen LogP contribution in [0.3, 0.4) is 0 Å². The number of hydrogen-bond acceptors (Lipinski definition) is 5. The van der Waals surface area contributed by atoms with Gasteiger partial charge < -0.3 is 5.11 Å². The van der Waals surface area contributed by atoms with Crippen LogP contribution >= 0.6 is 0 Å². The van der Waals surface area contributed by atoms with Crippen molar-refractivity contribution in [2.45, 2.75) is 6.10 Å². The summed E-state index contributed by atoms with van der Waals surface area (Å²) in [4.78, 5) is 16.7. The number of aliphatic hydroxyl groups excluding tert-OH is 1. The Kier molecular flexibility index (Phi) is 4.18. The number of aromatic nitrogens is 2. The molecule has 0 aliphatic heterocycles. The molecule has 1 atom stereocenters. The minimum absolute atomic E-state index is 0.0195. The first-order chi connectivity index (χ1) is 9.74. The van der Waals surface area contributed by atoms with Crippen LogP contribution in [-0.4, -0.2) is 15.1 Å². The highest BCUT2D eigenvalue weighted by Gasteiger charge is 2.05. The number of hydrogen-bond donors (Lipinski definition) is 1. The highest BCUT2D eigenvalue weighted by atomic mass is 17.2. The molecule has 1 N–H and O–H groups in total. The summed E-state index contributed by atoms with van der Waals surface area (Å²) in [7, 11) is 0. The summed E-state index contributed by atoms with van der Waals surface area (Å²) in [5, 5.41) is 9.50. The Hall–Kier alpha value is -3.02. The number of benzene rings is 1. The van der Waals surface area contributed by atoms with E-state index in [9.17, 15) is 5.11 Å². The molecule has 2 rings (SSSR count). The molecule has 0 saturated carbocycles. The average Bonchev–Trinajstić information content (AvgIpc) is 2.53. The molecule has 1 aromatic carbocycles. The Morgan fingerprint density at radius 1 is 1.05 bits per heavy atom. The third-order valence-electron chi connectivity index (χ3n) is 2.51. The minimum Gasteiger partial charge on any atom is -0.376 e. The monoisotopic (exact) mass is 266 g/mol. The van der Waals surface area contributed by atoms with Crippen molar-refractivity contribution in [2.75, 3.05) is 0 Å². The number of aliphatic hydroxyl groups is 1. The molecular formula is C15H10N2O3. The van der Waals surface area contributed by atoms with Crippen LogP contribution in [-0.2, 0) is 4.89 Å². The van der Waals surface area contributed by atoms with Gasteiger partial charge in [-0.3, -0.25) is 0 Å². The molecule has 0 saturated heterocycles. The fourth-order valence-electron chi connectivity index (χ4n) is 1.52. The van der Waals surface area contributed by atoms with Gasteiger partial charge in [0.05, 0.1) is 0 Å². The van der Waals surface area contributed by atoms with E-state index >= 15 is 0 Å². The van der Waals surface area contributed by atoms with Gasteiger partial charge >= 0.3 is 6.01 Å². The quantitative estimate of drug-likeness (QED) is 0.518. The molecule has 0 bridgehead atoms. The Bertz CT molecular complexity index is 652. The molecular weight excluding hydrogens is 256 g/mol. The second kappa shape index (κ2) is 6.24. The van der Waals surface area contributed by atoms with Crippen molar-refractivity contribution < 1.29 is 14.9 Å². The molecule has 1 heterocycles. The standard InChI is InChI=1S/C15H10N2O3/c1-3-14(18)12-7-5-11(6-8-12)13-9-16-15(17-10-13)20-19-4-2/h1-2,5-10,14,18H. The van der Waals surface area contributed by atoms with E-state index in [1.54, 1.807) is 24.5 Å². The van der Waals surface area contributed by atoms with Crippen molar-refractivity contribution in [3.8, 4) is 42.0 Å². The Morgan fingerprint density at radius 3 is 2.25 bits per heavy atom. The van der Waals surface area contributed by atoms with Gasteiger partial charge in [-0.15, -0.1) is 6.42 Å². The molecule has 0 aliphatic rings. The second-order valence-corrected chi connectivity index (χ2v) is 3.73. The van der Waals surface area contributed by atoms with Crippen LogP contribution < -0.4 is 4.89 Å². The average molecular weight is 266 g/mol. The normalized spacial score (nSPS) is 10.9. The molecule has 0 fully saturated rings. The number of nitrogens with zero attached hydrogens (tertiary/aromatic N) is 2. The third kappa shape index (κ3) is 3.05. The Morgan fingerprint density at radius 2 is 1.70 bits per heavy atom. The fraction of sp³-hybridized carbons (Fsp3) is 0.0667. The zero-order chi connectivity index (χ0) is 14.4. The van der Waals surface area contributed by atoms with Gasteiger partial charge in [0.15, 0.2) is 6.11 Å². The molecule has 98 valence electrons. The maximum absolute atomic E-state index is 9.50. The Balaban J connectivity index is 2.16. The van der Waals surface area contributed by atoms with E-state index in [2.05, 4.69) is 25.7 Å². The van der Waals surface area contributed by atoms with E-state index in [1.807, 2.05) is 18.2 Å². The highest BCUT2D eigenvalue weighted by molar-refractivity contribution is 5.62. The lowest BCUT2D eigenvalue weighted by molar-refractivity contribution is -0.141. The van der Waals surface area contributed by atoms with Crippen LogP contribution in [0.4, 0.5) is 0 Å². The largest absolute Gasteiger partial charge is 0.376 e. The lowest BCUT2D eigenvalue weighted by Crippen LogP contribution is -1.96. The molecule has 1 unspecified atom stereocenters. The van der Waals surface area contributed by atoms with E-state index in [1.165, 1.54) is 0 Å². The van der Waals surface area contributed by atoms with Gasteiger partial charge in [0, 0.05) is 18.0 Å². The van der Waals surface area contributed by atoms with Gasteiger partial charge in [-0.25, -0.2) is 9.78 Å². The summed E-state index contributed by atoms with van der Waals surface area (Å²) < 4.78 is 0. The summed E-state index contributed by atoms with van der Waals surface area (Å²) in [6.07, 6.45) is 14.1. The van der Waals surface area contributed by atoms with Crippen molar-refractivity contribution in [2.24, 2.45) is 0 Å². The predicted molar refractivity (Wildman–Crippen MR) is 71.8 cm³/mol. The summed E-state index contributed by atoms with van der Waals surface area (Å²) in [5.41, 5.74) is 2.31. The number of terminal acetylenes is 2. The maximum Gasteiger partial charge on any atom is 0.367 e. The number of rotatable bonds is 4. The van der Waals surface area contributed by atoms with Crippen molar-refractivity contribution in [3.63, 3.8) is 0 Å². The second-order valence-electron chi connectivity index (χ2n) is 3.73. The lowest BCUT2D eigenvalue weighted by atomic mass is 10.0. The van der Waals surface area contributed by atoms with Crippen molar-refractivity contribution in [3.05, 3.63) is 42.2 Å². The van der Waals surface area contributed by atoms with Crippen molar-refractivity contribution >= 4 is 0 Å². The lowest BCUT2D eigenvalue weighted by Gasteiger charge is -2.06. The van der Waals surface area contributed by atoms with Gasteiger partial charge in [0.1, 0.15) is 6.10 Å². The van der Waals surface area contributed by atoms with Gasteiger partial charge in [-0.05, 0) is 11.1 Å².